The van der Waals surface area contributed by atoms with E-state index in [9.17, 15) is 18.0 Å². The second-order valence-corrected chi connectivity index (χ2v) is 10.8. The number of rotatable bonds is 7. The van der Waals surface area contributed by atoms with E-state index in [4.69, 9.17) is 5.14 Å². The van der Waals surface area contributed by atoms with Crippen molar-refractivity contribution in [1.29, 1.82) is 0 Å². The molecule has 10 nitrogen and oxygen atoms in total. The third-order valence-electron chi connectivity index (χ3n) is 6.38. The first-order chi connectivity index (χ1) is 19.6. The van der Waals surface area contributed by atoms with E-state index in [0.29, 0.717) is 28.3 Å². The van der Waals surface area contributed by atoms with Gasteiger partial charge in [-0.2, -0.15) is 0 Å². The van der Waals surface area contributed by atoms with Gasteiger partial charge in [0.25, 0.3) is 11.8 Å². The van der Waals surface area contributed by atoms with Gasteiger partial charge in [0.15, 0.2) is 5.82 Å². The molecule has 0 aliphatic rings. The van der Waals surface area contributed by atoms with Crippen LogP contribution in [0.4, 0.5) is 11.6 Å². The number of nitrogens with one attached hydrogen (secondary N) is 2. The second kappa shape index (κ2) is 11.2. The monoisotopic (exact) mass is 566 g/mol. The standard InChI is InChI=1S/C30H26N6O4S/c1-19-12-17-26(32-18-19)33-30(38)27-20(2)36(23-8-4-3-5-9-23)35-28(27)34-29(37)22-15-13-21(14-16-22)24-10-6-7-11-25(24)41(31,39)40/h3-18H,1-2H3,(H2,31,39,40)(H,32,33,38)(H,34,35,37). The highest BCUT2D eigenvalue weighted by molar-refractivity contribution is 7.89. The van der Waals surface area contributed by atoms with Gasteiger partial charge in [-0.3, -0.25) is 9.59 Å². The molecule has 0 spiro atoms. The van der Waals surface area contributed by atoms with Gasteiger partial charge in [0.2, 0.25) is 10.0 Å². The number of primary sulfonamides is 1. The van der Waals surface area contributed by atoms with Gasteiger partial charge in [0.1, 0.15) is 11.4 Å². The molecule has 0 unspecified atom stereocenters. The molecule has 3 aromatic carbocycles. The molecule has 11 heteroatoms. The number of pyridine rings is 1. The predicted molar refractivity (Wildman–Crippen MR) is 156 cm³/mol. The Bertz CT molecular complexity index is 1850. The maximum absolute atomic E-state index is 13.4. The molecule has 4 N–H and O–H groups in total. The van der Waals surface area contributed by atoms with Gasteiger partial charge in [-0.15, -0.1) is 5.10 Å². The largest absolute Gasteiger partial charge is 0.306 e. The van der Waals surface area contributed by atoms with Crippen molar-refractivity contribution in [2.24, 2.45) is 5.14 Å². The first kappa shape index (κ1) is 27.4. The number of nitrogens with two attached hydrogens (primary N) is 1. The highest BCUT2D eigenvalue weighted by Gasteiger charge is 2.24. The number of amides is 2. The summed E-state index contributed by atoms with van der Waals surface area (Å²) in [5, 5.41) is 15.5. The third-order valence-corrected chi connectivity index (χ3v) is 7.35. The molecule has 2 heterocycles. The molecule has 5 rings (SSSR count). The van der Waals surface area contributed by atoms with Crippen LogP contribution >= 0.6 is 0 Å². The molecule has 0 saturated carbocycles. The number of hydrogen-bond donors (Lipinski definition) is 3. The van der Waals surface area contributed by atoms with Crippen molar-refractivity contribution in [2.75, 3.05) is 10.6 Å². The molecule has 2 amide bonds. The zero-order valence-corrected chi connectivity index (χ0v) is 23.0. The molecular weight excluding hydrogens is 540 g/mol. The molecule has 0 bridgehead atoms. The van der Waals surface area contributed by atoms with Gasteiger partial charge in [-0.05, 0) is 61.4 Å². The van der Waals surface area contributed by atoms with E-state index in [2.05, 4.69) is 20.7 Å². The molecule has 0 radical (unpaired) electrons. The van der Waals surface area contributed by atoms with E-state index in [-0.39, 0.29) is 21.8 Å². The summed E-state index contributed by atoms with van der Waals surface area (Å²) in [5.41, 5.74) is 3.63. The van der Waals surface area contributed by atoms with E-state index in [1.54, 1.807) is 66.3 Å². The summed E-state index contributed by atoms with van der Waals surface area (Å²) in [5.74, 6) is -0.549. The molecule has 0 atom stereocenters. The quantitative estimate of drug-likeness (QED) is 0.260. The van der Waals surface area contributed by atoms with E-state index < -0.39 is 21.8 Å². The number of nitrogens with zero attached hydrogens (tertiary/aromatic N) is 3. The van der Waals surface area contributed by atoms with Crippen LogP contribution in [0, 0.1) is 13.8 Å². The Hall–Kier alpha value is -5.13. The Morgan fingerprint density at radius 1 is 0.805 bits per heavy atom. The summed E-state index contributed by atoms with van der Waals surface area (Å²) in [6.07, 6.45) is 1.64. The van der Waals surface area contributed by atoms with Crippen molar-refractivity contribution >= 4 is 33.5 Å². The summed E-state index contributed by atoms with van der Waals surface area (Å²) in [6.45, 7) is 3.64. The predicted octanol–water partition coefficient (Wildman–Crippen LogP) is 4.70. The maximum Gasteiger partial charge on any atom is 0.262 e. The molecule has 0 fully saturated rings. The van der Waals surface area contributed by atoms with Crippen molar-refractivity contribution in [3.8, 4) is 16.8 Å². The van der Waals surface area contributed by atoms with E-state index in [1.807, 2.05) is 43.3 Å². The highest BCUT2D eigenvalue weighted by Crippen LogP contribution is 2.28. The van der Waals surface area contributed by atoms with Crippen LogP contribution in [0.15, 0.2) is 102 Å². The Kier molecular flexibility index (Phi) is 7.47. The van der Waals surface area contributed by atoms with Crippen LogP contribution in [-0.2, 0) is 10.0 Å². The van der Waals surface area contributed by atoms with Gasteiger partial charge in [0.05, 0.1) is 16.3 Å². The van der Waals surface area contributed by atoms with Crippen LogP contribution in [-0.4, -0.2) is 35.0 Å². The van der Waals surface area contributed by atoms with Crippen LogP contribution < -0.4 is 15.8 Å². The lowest BCUT2D eigenvalue weighted by atomic mass is 10.0. The molecule has 2 aromatic heterocycles. The van der Waals surface area contributed by atoms with Crippen molar-refractivity contribution in [2.45, 2.75) is 18.7 Å². The molecular formula is C30H26N6O4S. The zero-order valence-electron chi connectivity index (χ0n) is 22.2. The average Bonchev–Trinajstić information content (AvgIpc) is 3.29. The fourth-order valence-corrected chi connectivity index (χ4v) is 5.10. The number of anilines is 2. The highest BCUT2D eigenvalue weighted by atomic mass is 32.2. The number of para-hydroxylation sites is 1. The molecule has 0 aliphatic carbocycles. The number of carbonyl (C=O) groups is 2. The molecule has 41 heavy (non-hydrogen) atoms. The molecule has 0 saturated heterocycles. The van der Waals surface area contributed by atoms with Crippen molar-refractivity contribution < 1.29 is 18.0 Å². The minimum absolute atomic E-state index is 0.0159. The van der Waals surface area contributed by atoms with Gasteiger partial charge < -0.3 is 10.6 Å². The number of hydrogen-bond acceptors (Lipinski definition) is 6. The minimum Gasteiger partial charge on any atom is -0.306 e. The Morgan fingerprint density at radius 2 is 1.49 bits per heavy atom. The van der Waals surface area contributed by atoms with Crippen LogP contribution in [0.3, 0.4) is 0 Å². The Labute approximate surface area is 236 Å². The minimum atomic E-state index is -3.94. The topological polar surface area (TPSA) is 149 Å². The lowest BCUT2D eigenvalue weighted by molar-refractivity contribution is 0.102. The normalized spacial score (nSPS) is 11.2. The van der Waals surface area contributed by atoms with Crippen LogP contribution in [0.25, 0.3) is 16.8 Å². The summed E-state index contributed by atoms with van der Waals surface area (Å²) in [4.78, 5) is 30.9. The van der Waals surface area contributed by atoms with E-state index in [1.165, 1.54) is 6.07 Å². The first-order valence-electron chi connectivity index (χ1n) is 12.5. The lowest BCUT2D eigenvalue weighted by Crippen LogP contribution is -2.18. The number of carbonyl (C=O) groups excluding carboxylic acids is 2. The Balaban J connectivity index is 1.46. The second-order valence-electron chi connectivity index (χ2n) is 9.30. The van der Waals surface area contributed by atoms with Crippen molar-refractivity contribution in [3.05, 3.63) is 120 Å². The zero-order chi connectivity index (χ0) is 29.1. The number of sulfonamides is 1. The van der Waals surface area contributed by atoms with Gasteiger partial charge in [-0.25, -0.2) is 23.2 Å². The summed E-state index contributed by atoms with van der Waals surface area (Å²) in [6, 6.07) is 25.5. The summed E-state index contributed by atoms with van der Waals surface area (Å²) in [7, 11) is -3.94. The lowest BCUT2D eigenvalue weighted by Gasteiger charge is -2.09. The van der Waals surface area contributed by atoms with E-state index in [0.717, 1.165) is 5.56 Å². The first-order valence-corrected chi connectivity index (χ1v) is 14.1. The molecule has 5 aromatic rings. The van der Waals surface area contributed by atoms with Gasteiger partial charge in [0, 0.05) is 17.3 Å². The summed E-state index contributed by atoms with van der Waals surface area (Å²) < 4.78 is 25.6. The van der Waals surface area contributed by atoms with Crippen molar-refractivity contribution in [1.82, 2.24) is 14.8 Å². The molecule has 0 aliphatic heterocycles. The fourth-order valence-electron chi connectivity index (χ4n) is 4.34. The smallest absolute Gasteiger partial charge is 0.262 e. The summed E-state index contributed by atoms with van der Waals surface area (Å²) >= 11 is 0. The number of aromatic nitrogens is 3. The van der Waals surface area contributed by atoms with Gasteiger partial charge in [-0.1, -0.05) is 54.6 Å². The molecule has 206 valence electrons. The fraction of sp³-hybridized carbons (Fsp3) is 0.0667. The van der Waals surface area contributed by atoms with Crippen LogP contribution in [0.2, 0.25) is 0 Å². The number of aryl methyl sites for hydroxylation is 1. The number of benzene rings is 3. The third kappa shape index (κ3) is 5.91. The maximum atomic E-state index is 13.4. The van der Waals surface area contributed by atoms with Crippen LogP contribution in [0.1, 0.15) is 32.0 Å². The van der Waals surface area contributed by atoms with Crippen molar-refractivity contribution in [3.63, 3.8) is 0 Å². The average molecular weight is 567 g/mol. The van der Waals surface area contributed by atoms with E-state index >= 15 is 0 Å². The van der Waals surface area contributed by atoms with Gasteiger partial charge >= 0.3 is 0 Å². The SMILES string of the molecule is Cc1ccc(NC(=O)c2c(NC(=O)c3ccc(-c4ccccc4S(N)(=O)=O)cc3)nn(-c3ccccc3)c2C)nc1. The Morgan fingerprint density at radius 3 is 2.15 bits per heavy atom. The van der Waals surface area contributed by atoms with Crippen LogP contribution in [0.5, 0.6) is 0 Å².